The van der Waals surface area contributed by atoms with Crippen LogP contribution in [0.1, 0.15) is 25.2 Å². The van der Waals surface area contributed by atoms with Gasteiger partial charge in [-0.15, -0.1) is 0 Å². The number of hydrogen-bond donors (Lipinski definition) is 1. The van der Waals surface area contributed by atoms with Crippen molar-refractivity contribution in [1.82, 2.24) is 19.5 Å². The molecule has 0 aliphatic carbocycles. The van der Waals surface area contributed by atoms with Gasteiger partial charge in [0.05, 0.1) is 12.0 Å². The molecule has 1 N–H and O–H groups in total. The molecule has 0 aliphatic rings. The first-order valence-corrected chi connectivity index (χ1v) is 6.91. The van der Waals surface area contributed by atoms with Crippen LogP contribution >= 0.6 is 11.8 Å². The number of hydrogen-bond acceptors (Lipinski definition) is 4. The Balaban J connectivity index is 0.000000861. The fourth-order valence-corrected chi connectivity index (χ4v) is 2.32. The van der Waals surface area contributed by atoms with Crippen LogP contribution in [-0.2, 0) is 12.8 Å². The van der Waals surface area contributed by atoms with Gasteiger partial charge in [-0.05, 0) is 6.92 Å². The molecule has 2 rings (SSSR count). The van der Waals surface area contributed by atoms with Crippen LogP contribution < -0.4 is 5.56 Å². The van der Waals surface area contributed by atoms with Gasteiger partial charge in [-0.25, -0.2) is 9.97 Å². The zero-order valence-electron chi connectivity index (χ0n) is 11.4. The normalized spacial score (nSPS) is 9.95. The van der Waals surface area contributed by atoms with Crippen LogP contribution in [0.5, 0.6) is 0 Å². The molecule has 5 nitrogen and oxygen atoms in total. The molecule has 0 spiro atoms. The molecule has 0 saturated heterocycles. The van der Waals surface area contributed by atoms with Gasteiger partial charge < -0.3 is 9.55 Å². The molecule has 0 atom stereocenters. The van der Waals surface area contributed by atoms with Crippen LogP contribution in [0.25, 0.3) is 0 Å². The molecule has 2 aromatic rings. The van der Waals surface area contributed by atoms with E-state index in [4.69, 9.17) is 0 Å². The maximum absolute atomic E-state index is 13.2. The fourth-order valence-electron chi connectivity index (χ4n) is 1.35. The van der Waals surface area contributed by atoms with Gasteiger partial charge >= 0.3 is 0 Å². The number of H-pyrrole nitrogens is 1. The zero-order valence-corrected chi connectivity index (χ0v) is 12.2. The molecule has 104 valence electrons. The minimum absolute atomic E-state index is 0.203. The summed E-state index contributed by atoms with van der Waals surface area (Å²) in [5, 5.41) is 0.482. The van der Waals surface area contributed by atoms with Crippen LogP contribution in [0.3, 0.4) is 0 Å². The highest BCUT2D eigenvalue weighted by molar-refractivity contribution is 7.98. The summed E-state index contributed by atoms with van der Waals surface area (Å²) < 4.78 is 14.8. The van der Waals surface area contributed by atoms with Crippen LogP contribution in [0.4, 0.5) is 4.39 Å². The molecule has 0 fully saturated rings. The number of aryl methyl sites for hydroxylation is 2. The van der Waals surface area contributed by atoms with E-state index in [1.165, 1.54) is 24.2 Å². The van der Waals surface area contributed by atoms with Gasteiger partial charge in [0.2, 0.25) is 5.95 Å². The van der Waals surface area contributed by atoms with Gasteiger partial charge in [-0.2, -0.15) is 4.39 Å². The summed E-state index contributed by atoms with van der Waals surface area (Å²) in [6.07, 6.45) is 1.41. The number of halogens is 1. The highest BCUT2D eigenvalue weighted by atomic mass is 32.2. The van der Waals surface area contributed by atoms with Crippen molar-refractivity contribution in [2.75, 3.05) is 0 Å². The molecule has 19 heavy (non-hydrogen) atoms. The Labute approximate surface area is 115 Å². The Morgan fingerprint density at radius 3 is 2.68 bits per heavy atom. The second kappa shape index (κ2) is 7.08. The van der Waals surface area contributed by atoms with Crippen molar-refractivity contribution in [3.05, 3.63) is 40.1 Å². The van der Waals surface area contributed by atoms with Gasteiger partial charge in [0, 0.05) is 24.6 Å². The minimum Gasteiger partial charge on any atom is -0.334 e. The first-order valence-electron chi connectivity index (χ1n) is 5.92. The molecule has 0 unspecified atom stereocenters. The molecule has 0 aliphatic heterocycles. The number of rotatable bonds is 3. The first-order chi connectivity index (χ1) is 9.06. The Morgan fingerprint density at radius 2 is 2.16 bits per heavy atom. The second-order valence-corrected chi connectivity index (χ2v) is 4.54. The Bertz CT molecular complexity index is 574. The minimum atomic E-state index is -0.491. The highest BCUT2D eigenvalue weighted by Crippen LogP contribution is 2.19. The topological polar surface area (TPSA) is 63.6 Å². The third-order valence-electron chi connectivity index (χ3n) is 2.20. The number of imidazole rings is 1. The van der Waals surface area contributed by atoms with Crippen LogP contribution in [0.15, 0.2) is 22.3 Å². The standard InChI is InChI=1S/C10H11FN4OS.C2H6/c1-6-3-8(16)14-10(13-6)17-4-7-9(11)12-5-15(7)2;1-2/h3,5H,4H2,1-2H3,(H,13,14,16);1-2H3. The summed E-state index contributed by atoms with van der Waals surface area (Å²) in [6, 6.07) is 1.41. The van der Waals surface area contributed by atoms with Gasteiger partial charge in [-0.1, -0.05) is 25.6 Å². The molecular formula is C12H17FN4OS. The predicted octanol–water partition coefficient (Wildman–Crippen LogP) is 2.27. The van der Waals surface area contributed by atoms with Crippen molar-refractivity contribution in [2.45, 2.75) is 31.7 Å². The van der Waals surface area contributed by atoms with Crippen LogP contribution in [0, 0.1) is 12.9 Å². The maximum atomic E-state index is 13.2. The van der Waals surface area contributed by atoms with Crippen LogP contribution in [-0.4, -0.2) is 19.5 Å². The first kappa shape index (κ1) is 15.4. The fraction of sp³-hybridized carbons (Fsp3) is 0.417. The third-order valence-corrected chi connectivity index (χ3v) is 3.09. The van der Waals surface area contributed by atoms with Gasteiger partial charge in [-0.3, -0.25) is 4.79 Å². The summed E-state index contributed by atoms with van der Waals surface area (Å²) in [7, 11) is 1.72. The van der Waals surface area contributed by atoms with Gasteiger partial charge in [0.15, 0.2) is 5.16 Å². The number of aromatic nitrogens is 4. The highest BCUT2D eigenvalue weighted by Gasteiger charge is 2.09. The summed E-state index contributed by atoms with van der Waals surface area (Å²) in [5.74, 6) is -0.121. The lowest BCUT2D eigenvalue weighted by molar-refractivity contribution is 0.577. The van der Waals surface area contributed by atoms with E-state index in [-0.39, 0.29) is 5.56 Å². The molecule has 0 bridgehead atoms. The molecule has 2 heterocycles. The Kier molecular flexibility index (Phi) is 5.75. The van der Waals surface area contributed by atoms with E-state index < -0.39 is 5.95 Å². The second-order valence-electron chi connectivity index (χ2n) is 3.57. The number of nitrogens with one attached hydrogen (secondary N) is 1. The quantitative estimate of drug-likeness (QED) is 0.693. The van der Waals surface area contributed by atoms with Crippen molar-refractivity contribution in [3.63, 3.8) is 0 Å². The monoisotopic (exact) mass is 284 g/mol. The molecular weight excluding hydrogens is 267 g/mol. The Morgan fingerprint density at radius 1 is 1.47 bits per heavy atom. The van der Waals surface area contributed by atoms with E-state index in [1.807, 2.05) is 13.8 Å². The van der Waals surface area contributed by atoms with E-state index in [9.17, 15) is 9.18 Å². The lowest BCUT2D eigenvalue weighted by atomic mass is 10.5. The summed E-state index contributed by atoms with van der Waals surface area (Å²) >= 11 is 1.27. The third kappa shape index (κ3) is 4.20. The molecule has 0 radical (unpaired) electrons. The molecule has 0 amide bonds. The lowest BCUT2D eigenvalue weighted by Gasteiger charge is -2.02. The number of nitrogens with zero attached hydrogens (tertiary/aromatic N) is 3. The summed E-state index contributed by atoms with van der Waals surface area (Å²) in [4.78, 5) is 21.5. The van der Waals surface area contributed by atoms with E-state index in [2.05, 4.69) is 15.0 Å². The van der Waals surface area contributed by atoms with Crippen molar-refractivity contribution in [3.8, 4) is 0 Å². The van der Waals surface area contributed by atoms with E-state index in [0.717, 1.165) is 0 Å². The largest absolute Gasteiger partial charge is 0.334 e. The predicted molar refractivity (Wildman–Crippen MR) is 73.7 cm³/mol. The summed E-state index contributed by atoms with van der Waals surface area (Å²) in [5.41, 5.74) is 0.909. The van der Waals surface area contributed by atoms with E-state index >= 15 is 0 Å². The maximum Gasteiger partial charge on any atom is 0.251 e. The SMILES string of the molecule is CC.Cc1cc(=O)[nH]c(SCc2c(F)ncn2C)n1. The van der Waals surface area contributed by atoms with Crippen molar-refractivity contribution in [1.29, 1.82) is 0 Å². The van der Waals surface area contributed by atoms with Crippen LogP contribution in [0.2, 0.25) is 0 Å². The van der Waals surface area contributed by atoms with E-state index in [0.29, 0.717) is 22.3 Å². The van der Waals surface area contributed by atoms with Crippen molar-refractivity contribution < 1.29 is 4.39 Å². The Hall–Kier alpha value is -1.63. The van der Waals surface area contributed by atoms with Crippen molar-refractivity contribution >= 4 is 11.8 Å². The molecule has 2 aromatic heterocycles. The zero-order chi connectivity index (χ0) is 14.4. The van der Waals surface area contributed by atoms with E-state index in [1.54, 1.807) is 18.5 Å². The van der Waals surface area contributed by atoms with Gasteiger partial charge in [0.1, 0.15) is 0 Å². The van der Waals surface area contributed by atoms with Crippen molar-refractivity contribution in [2.24, 2.45) is 7.05 Å². The summed E-state index contributed by atoms with van der Waals surface area (Å²) in [6.45, 7) is 5.74. The number of thioether (sulfide) groups is 1. The molecule has 0 saturated carbocycles. The number of aromatic amines is 1. The molecule has 7 heteroatoms. The smallest absolute Gasteiger partial charge is 0.251 e. The average Bonchev–Trinajstić information content (AvgIpc) is 2.68. The molecule has 0 aromatic carbocycles. The lowest BCUT2D eigenvalue weighted by Crippen LogP contribution is -2.08. The average molecular weight is 284 g/mol. The van der Waals surface area contributed by atoms with Gasteiger partial charge in [0.25, 0.3) is 5.56 Å².